The Balaban J connectivity index is 1.41. The standard InChI is InChI=1S/C26H30F3N7O2/c1-34(2)17-13-30-24(38)19-5-7-20(8-6-19)31-25-32-23-21(4-3-14-36(23)33-25)18-10-15-35(16-11-18)22(37)9-12-26(27,28)29/h3-8,10,14H,9,11-13,15-17H2,1-2H3,(H,30,38)(H,31,33). The zero-order valence-corrected chi connectivity index (χ0v) is 21.3. The Hall–Kier alpha value is -3.93. The third-order valence-corrected chi connectivity index (χ3v) is 6.14. The van der Waals surface area contributed by atoms with Gasteiger partial charge in [0.2, 0.25) is 11.9 Å². The van der Waals surface area contributed by atoms with Crippen LogP contribution in [0.2, 0.25) is 0 Å². The van der Waals surface area contributed by atoms with E-state index in [-0.39, 0.29) is 12.5 Å². The van der Waals surface area contributed by atoms with E-state index in [4.69, 9.17) is 0 Å². The molecule has 0 atom stereocenters. The van der Waals surface area contributed by atoms with Crippen molar-refractivity contribution in [3.05, 3.63) is 59.8 Å². The van der Waals surface area contributed by atoms with Crippen molar-refractivity contribution in [1.82, 2.24) is 29.7 Å². The van der Waals surface area contributed by atoms with Crippen molar-refractivity contribution in [3.8, 4) is 0 Å². The van der Waals surface area contributed by atoms with Crippen LogP contribution in [0.25, 0.3) is 11.2 Å². The maximum absolute atomic E-state index is 12.4. The van der Waals surface area contributed by atoms with Gasteiger partial charge in [0.1, 0.15) is 0 Å². The van der Waals surface area contributed by atoms with Crippen LogP contribution >= 0.6 is 0 Å². The Morgan fingerprint density at radius 3 is 2.55 bits per heavy atom. The predicted octanol–water partition coefficient (Wildman–Crippen LogP) is 3.72. The number of benzene rings is 1. The minimum absolute atomic E-state index is 0.143. The lowest BCUT2D eigenvalue weighted by molar-refractivity contribution is -0.148. The van der Waals surface area contributed by atoms with Gasteiger partial charge in [-0.2, -0.15) is 18.2 Å². The molecule has 0 spiro atoms. The number of aromatic nitrogens is 3. The number of carbonyl (C=O) groups is 2. The number of rotatable bonds is 9. The van der Waals surface area contributed by atoms with Gasteiger partial charge in [-0.15, -0.1) is 5.10 Å². The Kier molecular flexibility index (Phi) is 8.30. The van der Waals surface area contributed by atoms with Crippen LogP contribution in [-0.2, 0) is 4.79 Å². The third kappa shape index (κ3) is 7.09. The molecule has 9 nitrogen and oxygen atoms in total. The van der Waals surface area contributed by atoms with Crippen molar-refractivity contribution in [3.63, 3.8) is 0 Å². The highest BCUT2D eigenvalue weighted by Gasteiger charge is 2.29. The number of hydrogen-bond acceptors (Lipinski definition) is 6. The third-order valence-electron chi connectivity index (χ3n) is 6.14. The van der Waals surface area contributed by atoms with Crippen LogP contribution in [0, 0.1) is 0 Å². The van der Waals surface area contributed by atoms with Gasteiger partial charge >= 0.3 is 6.18 Å². The van der Waals surface area contributed by atoms with Crippen LogP contribution in [-0.4, -0.2) is 82.7 Å². The van der Waals surface area contributed by atoms with E-state index < -0.39 is 24.9 Å². The molecule has 1 aliphatic heterocycles. The second kappa shape index (κ2) is 11.6. The molecule has 0 saturated carbocycles. The minimum atomic E-state index is -4.34. The molecule has 4 rings (SSSR count). The minimum Gasteiger partial charge on any atom is -0.351 e. The quantitative estimate of drug-likeness (QED) is 0.439. The van der Waals surface area contributed by atoms with Crippen molar-refractivity contribution in [2.75, 3.05) is 45.6 Å². The van der Waals surface area contributed by atoms with E-state index in [1.54, 1.807) is 35.0 Å². The molecule has 2 N–H and O–H groups in total. The maximum Gasteiger partial charge on any atom is 0.389 e. The molecular weight excluding hydrogens is 499 g/mol. The monoisotopic (exact) mass is 529 g/mol. The molecule has 2 amide bonds. The highest BCUT2D eigenvalue weighted by atomic mass is 19.4. The number of fused-ring (bicyclic) bond motifs is 1. The van der Waals surface area contributed by atoms with Gasteiger partial charge in [-0.1, -0.05) is 6.08 Å². The SMILES string of the molecule is CN(C)CCNC(=O)c1ccc(Nc2nc3c(C4=CCN(C(=O)CCC(F)(F)F)CC4)cccn3n2)cc1. The van der Waals surface area contributed by atoms with E-state index in [2.05, 4.69) is 20.7 Å². The first-order valence-electron chi connectivity index (χ1n) is 12.3. The number of halogens is 3. The summed E-state index contributed by atoms with van der Waals surface area (Å²) in [4.78, 5) is 32.5. The lowest BCUT2D eigenvalue weighted by Gasteiger charge is -2.27. The number of alkyl halides is 3. The number of likely N-dealkylation sites (N-methyl/N-ethyl adjacent to an activating group) is 1. The summed E-state index contributed by atoms with van der Waals surface area (Å²) in [7, 11) is 3.88. The number of amides is 2. The Bertz CT molecular complexity index is 1320. The van der Waals surface area contributed by atoms with Crippen LogP contribution in [0.15, 0.2) is 48.7 Å². The van der Waals surface area contributed by atoms with Crippen LogP contribution in [0.5, 0.6) is 0 Å². The fourth-order valence-corrected chi connectivity index (χ4v) is 4.09. The highest BCUT2D eigenvalue weighted by molar-refractivity contribution is 5.94. The van der Waals surface area contributed by atoms with Crippen LogP contribution < -0.4 is 10.6 Å². The van der Waals surface area contributed by atoms with Gasteiger partial charge in [0, 0.05) is 55.6 Å². The highest BCUT2D eigenvalue weighted by Crippen LogP contribution is 2.28. The van der Waals surface area contributed by atoms with Crippen molar-refractivity contribution in [2.24, 2.45) is 0 Å². The molecule has 1 aliphatic rings. The summed E-state index contributed by atoms with van der Waals surface area (Å²) >= 11 is 0. The van der Waals surface area contributed by atoms with E-state index in [1.807, 2.05) is 37.2 Å². The summed E-state index contributed by atoms with van der Waals surface area (Å²) in [5.41, 5.74) is 3.70. The molecule has 3 heterocycles. The molecular formula is C26H30F3N7O2. The molecule has 0 unspecified atom stereocenters. The second-order valence-corrected chi connectivity index (χ2v) is 9.32. The second-order valence-electron chi connectivity index (χ2n) is 9.32. The van der Waals surface area contributed by atoms with Gasteiger partial charge in [-0.25, -0.2) is 4.52 Å². The molecule has 0 radical (unpaired) electrons. The van der Waals surface area contributed by atoms with Gasteiger partial charge < -0.3 is 20.4 Å². The van der Waals surface area contributed by atoms with Crippen molar-refractivity contribution in [1.29, 1.82) is 0 Å². The molecule has 2 aromatic heterocycles. The van der Waals surface area contributed by atoms with Gasteiger partial charge in [0.05, 0.1) is 6.42 Å². The number of hydrogen-bond donors (Lipinski definition) is 2. The smallest absolute Gasteiger partial charge is 0.351 e. The molecule has 0 saturated heterocycles. The van der Waals surface area contributed by atoms with Gasteiger partial charge in [0.15, 0.2) is 5.65 Å². The molecule has 0 bridgehead atoms. The number of anilines is 2. The summed E-state index contributed by atoms with van der Waals surface area (Å²) in [6.07, 6.45) is -1.86. The van der Waals surface area contributed by atoms with E-state index >= 15 is 0 Å². The summed E-state index contributed by atoms with van der Waals surface area (Å²) < 4.78 is 39.0. The molecule has 38 heavy (non-hydrogen) atoms. The first kappa shape index (κ1) is 27.1. The molecule has 3 aromatic rings. The number of pyridine rings is 1. The summed E-state index contributed by atoms with van der Waals surface area (Å²) in [5.74, 6) is -0.266. The van der Waals surface area contributed by atoms with Crippen molar-refractivity contribution in [2.45, 2.75) is 25.4 Å². The Morgan fingerprint density at radius 2 is 1.89 bits per heavy atom. The topological polar surface area (TPSA) is 94.9 Å². The number of nitrogens with one attached hydrogen (secondary N) is 2. The van der Waals surface area contributed by atoms with Crippen LogP contribution in [0.1, 0.15) is 35.2 Å². The predicted molar refractivity (Wildman–Crippen MR) is 138 cm³/mol. The average molecular weight is 530 g/mol. The average Bonchev–Trinajstić information content (AvgIpc) is 3.29. The molecule has 0 aliphatic carbocycles. The Labute approximate surface area is 218 Å². The first-order valence-corrected chi connectivity index (χ1v) is 12.3. The molecule has 202 valence electrons. The van der Waals surface area contributed by atoms with Crippen molar-refractivity contribution >= 4 is 34.7 Å². The van der Waals surface area contributed by atoms with E-state index in [0.717, 1.165) is 23.4 Å². The molecule has 12 heteroatoms. The maximum atomic E-state index is 12.4. The van der Waals surface area contributed by atoms with Gasteiger partial charge in [-0.3, -0.25) is 9.59 Å². The van der Waals surface area contributed by atoms with Gasteiger partial charge in [0.25, 0.3) is 5.91 Å². The summed E-state index contributed by atoms with van der Waals surface area (Å²) in [6.45, 7) is 1.91. The number of nitrogens with zero attached hydrogens (tertiary/aromatic N) is 5. The van der Waals surface area contributed by atoms with Gasteiger partial charge in [-0.05, 0) is 62.5 Å². The van der Waals surface area contributed by atoms with E-state index in [1.165, 1.54) is 4.90 Å². The lowest BCUT2D eigenvalue weighted by Crippen LogP contribution is -2.35. The normalized spacial score (nSPS) is 14.1. The zero-order valence-electron chi connectivity index (χ0n) is 21.3. The van der Waals surface area contributed by atoms with E-state index in [0.29, 0.717) is 36.7 Å². The van der Waals surface area contributed by atoms with Crippen molar-refractivity contribution < 1.29 is 22.8 Å². The Morgan fingerprint density at radius 1 is 1.13 bits per heavy atom. The fraction of sp³-hybridized carbons (Fsp3) is 0.385. The lowest BCUT2D eigenvalue weighted by atomic mass is 10.00. The van der Waals surface area contributed by atoms with Crippen LogP contribution in [0.4, 0.5) is 24.8 Å². The molecule has 0 fully saturated rings. The van der Waals surface area contributed by atoms with E-state index in [9.17, 15) is 22.8 Å². The van der Waals surface area contributed by atoms with Crippen LogP contribution in [0.3, 0.4) is 0 Å². The summed E-state index contributed by atoms with van der Waals surface area (Å²) in [5, 5.41) is 10.5. The zero-order chi connectivity index (χ0) is 27.3. The first-order chi connectivity index (χ1) is 18.1. The summed E-state index contributed by atoms with van der Waals surface area (Å²) in [6, 6.07) is 10.8. The number of carbonyl (C=O) groups excluding carboxylic acids is 2. The molecule has 1 aromatic carbocycles. The largest absolute Gasteiger partial charge is 0.389 e. The fourth-order valence-electron chi connectivity index (χ4n) is 4.09.